The second-order valence-corrected chi connectivity index (χ2v) is 5.89. The van der Waals surface area contributed by atoms with Gasteiger partial charge in [-0.2, -0.15) is 5.10 Å². The molecule has 21 heavy (non-hydrogen) atoms. The van der Waals surface area contributed by atoms with Crippen LogP contribution in [0.1, 0.15) is 39.0 Å². The fourth-order valence-corrected chi connectivity index (χ4v) is 2.56. The second-order valence-electron chi connectivity index (χ2n) is 5.05. The number of hydrogen-bond acceptors (Lipinski definition) is 3. The van der Waals surface area contributed by atoms with E-state index in [4.69, 9.17) is 27.9 Å². The van der Waals surface area contributed by atoms with Crippen LogP contribution in [0.2, 0.25) is 10.0 Å². The molecule has 1 aromatic rings. The standard InChI is InChI=1S/C15H18Cl2N2O2/c1-10(21-14-8-7-11(16)9-13(14)17)15(20)19-18-12-5-3-2-4-6-12/h7-10H,2-6H2,1H3,(H,19,20). The number of rotatable bonds is 4. The summed E-state index contributed by atoms with van der Waals surface area (Å²) in [5.74, 6) is 0.133. The third kappa shape index (κ3) is 4.90. The van der Waals surface area contributed by atoms with Gasteiger partial charge in [0.25, 0.3) is 5.91 Å². The summed E-state index contributed by atoms with van der Waals surface area (Å²) in [5.41, 5.74) is 3.61. The molecule has 0 aliphatic heterocycles. The predicted molar refractivity (Wildman–Crippen MR) is 85.2 cm³/mol. The molecule has 1 aliphatic carbocycles. The molecule has 1 fully saturated rings. The minimum Gasteiger partial charge on any atom is -0.479 e. The summed E-state index contributed by atoms with van der Waals surface area (Å²) in [6.45, 7) is 1.65. The molecule has 1 N–H and O–H groups in total. The number of carbonyl (C=O) groups is 1. The van der Waals surface area contributed by atoms with Crippen LogP contribution < -0.4 is 10.2 Å². The van der Waals surface area contributed by atoms with Crippen LogP contribution in [0.15, 0.2) is 23.3 Å². The van der Waals surface area contributed by atoms with E-state index in [0.717, 1.165) is 31.4 Å². The Labute approximate surface area is 134 Å². The van der Waals surface area contributed by atoms with Crippen molar-refractivity contribution in [2.24, 2.45) is 5.10 Å². The molecule has 0 spiro atoms. The monoisotopic (exact) mass is 328 g/mol. The molecule has 1 unspecified atom stereocenters. The molecule has 0 saturated heterocycles. The summed E-state index contributed by atoms with van der Waals surface area (Å²) in [7, 11) is 0. The molecule has 0 aromatic heterocycles. The number of nitrogens with one attached hydrogen (secondary N) is 1. The third-order valence-corrected chi connectivity index (χ3v) is 3.85. The van der Waals surface area contributed by atoms with Crippen molar-refractivity contribution in [3.05, 3.63) is 28.2 Å². The Bertz CT molecular complexity index is 538. The lowest BCUT2D eigenvalue weighted by Gasteiger charge is -2.16. The molecule has 114 valence electrons. The van der Waals surface area contributed by atoms with Gasteiger partial charge in [0.1, 0.15) is 5.75 Å². The van der Waals surface area contributed by atoms with E-state index in [1.54, 1.807) is 25.1 Å². The van der Waals surface area contributed by atoms with Gasteiger partial charge in [0, 0.05) is 10.7 Å². The lowest BCUT2D eigenvalue weighted by atomic mass is 9.99. The highest BCUT2D eigenvalue weighted by Gasteiger charge is 2.16. The van der Waals surface area contributed by atoms with Gasteiger partial charge in [0.2, 0.25) is 0 Å². The molecule has 0 radical (unpaired) electrons. The van der Waals surface area contributed by atoms with Crippen LogP contribution in [0.5, 0.6) is 5.75 Å². The lowest BCUT2D eigenvalue weighted by molar-refractivity contribution is -0.127. The molecule has 6 heteroatoms. The van der Waals surface area contributed by atoms with Crippen LogP contribution in [0.25, 0.3) is 0 Å². The predicted octanol–water partition coefficient (Wildman–Crippen LogP) is 4.20. The van der Waals surface area contributed by atoms with Gasteiger partial charge in [0.05, 0.1) is 5.02 Å². The first-order chi connectivity index (χ1) is 10.1. The van der Waals surface area contributed by atoms with Crippen LogP contribution in [-0.2, 0) is 4.79 Å². The maximum Gasteiger partial charge on any atom is 0.280 e. The van der Waals surface area contributed by atoms with Crippen molar-refractivity contribution in [3.8, 4) is 5.75 Å². The first-order valence-electron chi connectivity index (χ1n) is 7.03. The van der Waals surface area contributed by atoms with E-state index in [1.165, 1.54) is 6.42 Å². The van der Waals surface area contributed by atoms with Crippen molar-refractivity contribution in [1.82, 2.24) is 5.43 Å². The van der Waals surface area contributed by atoms with Gasteiger partial charge in [-0.25, -0.2) is 5.43 Å². The number of hydrazone groups is 1. The fourth-order valence-electron chi connectivity index (χ4n) is 2.11. The molecule has 4 nitrogen and oxygen atoms in total. The molecular formula is C15H18Cl2N2O2. The maximum absolute atomic E-state index is 12.0. The average molecular weight is 329 g/mol. The van der Waals surface area contributed by atoms with Gasteiger partial charge < -0.3 is 4.74 Å². The summed E-state index contributed by atoms with van der Waals surface area (Å²) in [6, 6.07) is 4.88. The molecule has 1 amide bonds. The Hall–Kier alpha value is -1.26. The number of amides is 1. The molecule has 1 aromatic carbocycles. The minimum absolute atomic E-state index is 0.293. The zero-order chi connectivity index (χ0) is 15.2. The SMILES string of the molecule is CC(Oc1ccc(Cl)cc1Cl)C(=O)NN=C1CCCCC1. The van der Waals surface area contributed by atoms with Gasteiger partial charge >= 0.3 is 0 Å². The Morgan fingerprint density at radius 3 is 2.67 bits per heavy atom. The molecule has 2 rings (SSSR count). The van der Waals surface area contributed by atoms with E-state index in [2.05, 4.69) is 10.5 Å². The van der Waals surface area contributed by atoms with Crippen LogP contribution in [0.4, 0.5) is 0 Å². The van der Waals surface area contributed by atoms with Gasteiger partial charge in [-0.3, -0.25) is 4.79 Å². The van der Waals surface area contributed by atoms with Crippen molar-refractivity contribution in [2.45, 2.75) is 45.1 Å². The molecule has 1 aliphatic rings. The van der Waals surface area contributed by atoms with Gasteiger partial charge in [-0.1, -0.05) is 29.6 Å². The topological polar surface area (TPSA) is 50.7 Å². The molecule has 1 saturated carbocycles. The van der Waals surface area contributed by atoms with Crippen LogP contribution in [-0.4, -0.2) is 17.7 Å². The quantitative estimate of drug-likeness (QED) is 0.842. The molecule has 0 heterocycles. The number of nitrogens with zero attached hydrogens (tertiary/aromatic N) is 1. The zero-order valence-electron chi connectivity index (χ0n) is 11.9. The Kier molecular flexibility index (Phi) is 5.88. The van der Waals surface area contributed by atoms with Crippen molar-refractivity contribution in [1.29, 1.82) is 0 Å². The van der Waals surface area contributed by atoms with Crippen molar-refractivity contribution in [2.75, 3.05) is 0 Å². The van der Waals surface area contributed by atoms with Crippen LogP contribution >= 0.6 is 23.2 Å². The van der Waals surface area contributed by atoms with E-state index in [9.17, 15) is 4.79 Å². The van der Waals surface area contributed by atoms with Gasteiger partial charge in [-0.05, 0) is 50.8 Å². The highest BCUT2D eigenvalue weighted by atomic mass is 35.5. The van der Waals surface area contributed by atoms with Crippen LogP contribution in [0.3, 0.4) is 0 Å². The molecule has 0 bridgehead atoms. The van der Waals surface area contributed by atoms with E-state index in [0.29, 0.717) is 15.8 Å². The van der Waals surface area contributed by atoms with Crippen molar-refractivity contribution < 1.29 is 9.53 Å². The van der Waals surface area contributed by atoms with E-state index < -0.39 is 6.10 Å². The first-order valence-corrected chi connectivity index (χ1v) is 7.79. The first kappa shape index (κ1) is 16.1. The summed E-state index contributed by atoms with van der Waals surface area (Å²) in [5, 5.41) is 5.06. The Morgan fingerprint density at radius 2 is 2.00 bits per heavy atom. The van der Waals surface area contributed by atoms with Crippen molar-refractivity contribution >= 4 is 34.8 Å². The van der Waals surface area contributed by atoms with Gasteiger partial charge in [-0.15, -0.1) is 0 Å². The molecular weight excluding hydrogens is 311 g/mol. The normalized spacial score (nSPS) is 16.2. The fraction of sp³-hybridized carbons (Fsp3) is 0.467. The third-order valence-electron chi connectivity index (χ3n) is 3.32. The number of hydrogen-bond donors (Lipinski definition) is 1. The highest BCUT2D eigenvalue weighted by Crippen LogP contribution is 2.28. The smallest absolute Gasteiger partial charge is 0.280 e. The van der Waals surface area contributed by atoms with E-state index in [1.807, 2.05) is 0 Å². The number of benzene rings is 1. The number of carbonyl (C=O) groups excluding carboxylic acids is 1. The number of ether oxygens (including phenoxy) is 1. The maximum atomic E-state index is 12.0. The number of halogens is 2. The zero-order valence-corrected chi connectivity index (χ0v) is 13.4. The van der Waals surface area contributed by atoms with Crippen LogP contribution in [0, 0.1) is 0 Å². The summed E-state index contributed by atoms with van der Waals surface area (Å²) >= 11 is 11.8. The highest BCUT2D eigenvalue weighted by molar-refractivity contribution is 6.35. The van der Waals surface area contributed by atoms with E-state index >= 15 is 0 Å². The Morgan fingerprint density at radius 1 is 1.29 bits per heavy atom. The Balaban J connectivity index is 1.90. The second kappa shape index (κ2) is 7.66. The van der Waals surface area contributed by atoms with E-state index in [-0.39, 0.29) is 5.91 Å². The van der Waals surface area contributed by atoms with Gasteiger partial charge in [0.15, 0.2) is 6.10 Å². The lowest BCUT2D eigenvalue weighted by Crippen LogP contribution is -2.34. The minimum atomic E-state index is -0.684. The summed E-state index contributed by atoms with van der Waals surface area (Å²) in [6.07, 6.45) is 4.75. The van der Waals surface area contributed by atoms with Crippen molar-refractivity contribution in [3.63, 3.8) is 0 Å². The summed E-state index contributed by atoms with van der Waals surface area (Å²) < 4.78 is 5.53. The largest absolute Gasteiger partial charge is 0.479 e. The molecule has 1 atom stereocenters. The average Bonchev–Trinajstić information content (AvgIpc) is 2.48. The summed E-state index contributed by atoms with van der Waals surface area (Å²) in [4.78, 5) is 12.0.